The van der Waals surface area contributed by atoms with Gasteiger partial charge in [-0.25, -0.2) is 4.79 Å². The summed E-state index contributed by atoms with van der Waals surface area (Å²) in [6.07, 6.45) is 0.542. The molecular formula is C27H30N2O4. The molecule has 0 atom stereocenters. The van der Waals surface area contributed by atoms with Crippen molar-refractivity contribution < 1.29 is 19.4 Å². The molecule has 3 aromatic carbocycles. The van der Waals surface area contributed by atoms with Crippen molar-refractivity contribution in [3.8, 4) is 0 Å². The molecule has 0 fully saturated rings. The summed E-state index contributed by atoms with van der Waals surface area (Å²) < 4.78 is 4.79. The Kier molecular flexibility index (Phi) is 8.75. The maximum atomic E-state index is 13.1. The lowest BCUT2D eigenvalue weighted by atomic mass is 9.96. The Morgan fingerprint density at radius 3 is 2.12 bits per heavy atom. The van der Waals surface area contributed by atoms with E-state index in [4.69, 9.17) is 4.74 Å². The molecule has 2 N–H and O–H groups in total. The molecule has 172 valence electrons. The van der Waals surface area contributed by atoms with Crippen LogP contribution in [0.2, 0.25) is 0 Å². The molecule has 0 saturated heterocycles. The summed E-state index contributed by atoms with van der Waals surface area (Å²) in [7, 11) is 1.33. The van der Waals surface area contributed by atoms with E-state index in [9.17, 15) is 14.7 Å². The Morgan fingerprint density at radius 1 is 0.970 bits per heavy atom. The first-order valence-electron chi connectivity index (χ1n) is 11.0. The summed E-state index contributed by atoms with van der Waals surface area (Å²) in [4.78, 5) is 27.1. The number of rotatable bonds is 10. The van der Waals surface area contributed by atoms with E-state index in [1.54, 1.807) is 18.2 Å². The standard InChI is InChI=1S/C27H30N2O4/c1-20-14-15-23(27(32)33-2)18-24(20)28-25(31)19-29(16-9-17-30)26(21-10-5-3-6-11-21)22-12-7-4-8-13-22/h3-8,10-15,18,26,30H,9,16-17,19H2,1-2H3,(H,28,31). The SMILES string of the molecule is COC(=O)c1ccc(C)c(NC(=O)CN(CCCO)C(c2ccccc2)c2ccccc2)c1. The second-order valence-electron chi connectivity index (χ2n) is 7.84. The molecule has 0 bridgehead atoms. The number of nitrogens with one attached hydrogen (secondary N) is 1. The number of ether oxygens (including phenoxy) is 1. The Labute approximate surface area is 194 Å². The van der Waals surface area contributed by atoms with E-state index in [0.29, 0.717) is 24.2 Å². The number of nitrogens with zero attached hydrogens (tertiary/aromatic N) is 1. The number of benzene rings is 3. The highest BCUT2D eigenvalue weighted by Gasteiger charge is 2.24. The van der Waals surface area contributed by atoms with Crippen LogP contribution < -0.4 is 5.32 Å². The van der Waals surface area contributed by atoms with Gasteiger partial charge < -0.3 is 15.2 Å². The van der Waals surface area contributed by atoms with Crippen molar-refractivity contribution in [2.45, 2.75) is 19.4 Å². The van der Waals surface area contributed by atoms with Gasteiger partial charge in [0.25, 0.3) is 0 Å². The van der Waals surface area contributed by atoms with E-state index in [2.05, 4.69) is 10.2 Å². The van der Waals surface area contributed by atoms with Crippen LogP contribution in [0.3, 0.4) is 0 Å². The largest absolute Gasteiger partial charge is 0.465 e. The van der Waals surface area contributed by atoms with E-state index in [0.717, 1.165) is 16.7 Å². The van der Waals surface area contributed by atoms with Gasteiger partial charge in [-0.05, 0) is 42.2 Å². The molecule has 6 nitrogen and oxygen atoms in total. The van der Waals surface area contributed by atoms with Gasteiger partial charge in [0, 0.05) is 18.8 Å². The van der Waals surface area contributed by atoms with Gasteiger partial charge in [0.05, 0.1) is 25.3 Å². The topological polar surface area (TPSA) is 78.9 Å². The molecule has 0 aliphatic heterocycles. The number of carbonyl (C=O) groups is 2. The minimum absolute atomic E-state index is 0.0364. The fourth-order valence-electron chi connectivity index (χ4n) is 3.83. The number of hydrogen-bond acceptors (Lipinski definition) is 5. The van der Waals surface area contributed by atoms with Gasteiger partial charge in [0.2, 0.25) is 5.91 Å². The Hall–Kier alpha value is -3.48. The molecule has 0 spiro atoms. The minimum atomic E-state index is -0.455. The van der Waals surface area contributed by atoms with Crippen LogP contribution in [-0.2, 0) is 9.53 Å². The fraction of sp³-hybridized carbons (Fsp3) is 0.259. The van der Waals surface area contributed by atoms with Gasteiger partial charge in [-0.2, -0.15) is 0 Å². The van der Waals surface area contributed by atoms with Crippen molar-refractivity contribution in [2.24, 2.45) is 0 Å². The zero-order chi connectivity index (χ0) is 23.6. The van der Waals surface area contributed by atoms with E-state index >= 15 is 0 Å². The normalized spacial score (nSPS) is 10.9. The van der Waals surface area contributed by atoms with E-state index in [-0.39, 0.29) is 25.1 Å². The molecular weight excluding hydrogens is 416 g/mol. The predicted molar refractivity (Wildman–Crippen MR) is 129 cm³/mol. The van der Waals surface area contributed by atoms with E-state index in [1.807, 2.05) is 67.6 Å². The van der Waals surface area contributed by atoms with E-state index in [1.165, 1.54) is 7.11 Å². The molecule has 0 aromatic heterocycles. The van der Waals surface area contributed by atoms with Gasteiger partial charge >= 0.3 is 5.97 Å². The molecule has 3 rings (SSSR count). The number of aliphatic hydroxyl groups excluding tert-OH is 1. The summed E-state index contributed by atoms with van der Waals surface area (Å²) in [5, 5.41) is 12.4. The lowest BCUT2D eigenvalue weighted by Crippen LogP contribution is -2.38. The lowest BCUT2D eigenvalue weighted by molar-refractivity contribution is -0.117. The average Bonchev–Trinajstić information content (AvgIpc) is 2.84. The number of aliphatic hydroxyl groups is 1. The molecule has 0 saturated carbocycles. The number of hydrogen-bond donors (Lipinski definition) is 2. The molecule has 6 heteroatoms. The monoisotopic (exact) mass is 446 g/mol. The molecule has 0 aliphatic carbocycles. The summed E-state index contributed by atoms with van der Waals surface area (Å²) >= 11 is 0. The molecule has 0 radical (unpaired) electrons. The molecule has 0 heterocycles. The smallest absolute Gasteiger partial charge is 0.337 e. The van der Waals surface area contributed by atoms with Gasteiger partial charge in [-0.15, -0.1) is 0 Å². The maximum Gasteiger partial charge on any atom is 0.337 e. The summed E-state index contributed by atoms with van der Waals surface area (Å²) in [5.41, 5.74) is 3.93. The first-order valence-corrected chi connectivity index (χ1v) is 11.0. The van der Waals surface area contributed by atoms with Crippen LogP contribution in [0.25, 0.3) is 0 Å². The predicted octanol–water partition coefficient (Wildman–Crippen LogP) is 4.19. The van der Waals surface area contributed by atoms with Crippen LogP contribution in [-0.4, -0.2) is 48.7 Å². The minimum Gasteiger partial charge on any atom is -0.465 e. The number of amides is 1. The molecule has 33 heavy (non-hydrogen) atoms. The van der Waals surface area contributed by atoms with Crippen LogP contribution in [0.5, 0.6) is 0 Å². The van der Waals surface area contributed by atoms with Gasteiger partial charge in [0.1, 0.15) is 0 Å². The van der Waals surface area contributed by atoms with Crippen molar-refractivity contribution in [1.29, 1.82) is 0 Å². The molecule has 1 amide bonds. The number of aryl methyl sites for hydroxylation is 1. The second-order valence-corrected chi connectivity index (χ2v) is 7.84. The van der Waals surface area contributed by atoms with Crippen molar-refractivity contribution in [3.05, 3.63) is 101 Å². The van der Waals surface area contributed by atoms with E-state index < -0.39 is 5.97 Å². The lowest BCUT2D eigenvalue weighted by Gasteiger charge is -2.32. The third-order valence-corrected chi connectivity index (χ3v) is 5.48. The van der Waals surface area contributed by atoms with Gasteiger partial charge in [-0.1, -0.05) is 66.7 Å². The third-order valence-electron chi connectivity index (χ3n) is 5.48. The molecule has 3 aromatic rings. The Bertz CT molecular complexity index is 1010. The van der Waals surface area contributed by atoms with Crippen LogP contribution in [0.1, 0.15) is 39.5 Å². The number of anilines is 1. The number of esters is 1. The van der Waals surface area contributed by atoms with Gasteiger partial charge in [-0.3, -0.25) is 9.69 Å². The highest BCUT2D eigenvalue weighted by Crippen LogP contribution is 2.29. The highest BCUT2D eigenvalue weighted by atomic mass is 16.5. The van der Waals surface area contributed by atoms with Crippen LogP contribution in [0.15, 0.2) is 78.9 Å². The molecule has 0 unspecified atom stereocenters. The third kappa shape index (κ3) is 6.51. The summed E-state index contributed by atoms with van der Waals surface area (Å²) in [6.45, 7) is 2.57. The average molecular weight is 447 g/mol. The van der Waals surface area contributed by atoms with Gasteiger partial charge in [0.15, 0.2) is 0 Å². The van der Waals surface area contributed by atoms with Crippen LogP contribution >= 0.6 is 0 Å². The summed E-state index contributed by atoms with van der Waals surface area (Å²) in [5.74, 6) is -0.654. The van der Waals surface area contributed by atoms with Crippen molar-refractivity contribution in [1.82, 2.24) is 4.90 Å². The quantitative estimate of drug-likeness (QED) is 0.457. The van der Waals surface area contributed by atoms with Crippen molar-refractivity contribution in [2.75, 3.05) is 32.1 Å². The zero-order valence-corrected chi connectivity index (χ0v) is 19.0. The fourth-order valence-corrected chi connectivity index (χ4v) is 3.83. The Balaban J connectivity index is 1.87. The van der Waals surface area contributed by atoms with Crippen LogP contribution in [0, 0.1) is 6.92 Å². The zero-order valence-electron chi connectivity index (χ0n) is 19.0. The maximum absolute atomic E-state index is 13.1. The van der Waals surface area contributed by atoms with Crippen molar-refractivity contribution in [3.63, 3.8) is 0 Å². The van der Waals surface area contributed by atoms with Crippen molar-refractivity contribution >= 4 is 17.6 Å². The second kappa shape index (κ2) is 11.9. The summed E-state index contributed by atoms with van der Waals surface area (Å²) in [6, 6.07) is 25.0. The molecule has 0 aliphatic rings. The van der Waals surface area contributed by atoms with Crippen LogP contribution in [0.4, 0.5) is 5.69 Å². The first-order chi connectivity index (χ1) is 16.0. The number of methoxy groups -OCH3 is 1. The Morgan fingerprint density at radius 2 is 1.58 bits per heavy atom. The highest BCUT2D eigenvalue weighted by molar-refractivity contribution is 5.96. The first kappa shape index (κ1) is 24.2. The number of carbonyl (C=O) groups excluding carboxylic acids is 2.